The van der Waals surface area contributed by atoms with Crippen LogP contribution >= 0.6 is 22.9 Å². The minimum Gasteiger partial charge on any atom is -0.267 e. The number of hydrogen-bond acceptors (Lipinski definition) is 4. The lowest BCUT2D eigenvalue weighted by Gasteiger charge is -2.18. The van der Waals surface area contributed by atoms with E-state index in [1.54, 1.807) is 0 Å². The van der Waals surface area contributed by atoms with Gasteiger partial charge in [0.15, 0.2) is 0 Å². The molecule has 0 amide bonds. The number of rotatable bonds is 2. The van der Waals surface area contributed by atoms with E-state index in [1.165, 1.54) is 54.0 Å². The molecule has 1 aliphatic rings. The van der Waals surface area contributed by atoms with Gasteiger partial charge in [0.1, 0.15) is 5.01 Å². The van der Waals surface area contributed by atoms with E-state index < -0.39 is 0 Å². The van der Waals surface area contributed by atoms with Gasteiger partial charge in [-0.2, -0.15) is 9.61 Å². The minimum absolute atomic E-state index is 0.131. The zero-order chi connectivity index (χ0) is 12.5. The van der Waals surface area contributed by atoms with E-state index in [9.17, 15) is 4.79 Å². The number of nitrogens with zero attached hydrogens (tertiary/aromatic N) is 3. The molecule has 18 heavy (non-hydrogen) atoms. The molecule has 0 aliphatic heterocycles. The summed E-state index contributed by atoms with van der Waals surface area (Å²) in [6.45, 7) is 0. The van der Waals surface area contributed by atoms with Crippen LogP contribution in [0.25, 0.3) is 4.96 Å². The molecular weight excluding hydrogens is 270 g/mol. The molecule has 0 unspecified atom stereocenters. The van der Waals surface area contributed by atoms with Crippen molar-refractivity contribution >= 4 is 27.9 Å². The monoisotopic (exact) mass is 283 g/mol. The topological polar surface area (TPSA) is 47.3 Å². The fourth-order valence-corrected chi connectivity index (χ4v) is 3.68. The average molecular weight is 284 g/mol. The minimum atomic E-state index is -0.131. The first-order valence-corrected chi connectivity index (χ1v) is 7.58. The molecule has 6 heteroatoms. The van der Waals surface area contributed by atoms with E-state index in [0.29, 0.717) is 16.6 Å². The van der Waals surface area contributed by atoms with Crippen molar-refractivity contribution in [3.63, 3.8) is 0 Å². The summed E-state index contributed by atoms with van der Waals surface area (Å²) in [5, 5.41) is 5.48. The molecule has 1 aliphatic carbocycles. The van der Waals surface area contributed by atoms with Crippen LogP contribution in [0.5, 0.6) is 0 Å². The molecule has 1 saturated carbocycles. The second-order valence-electron chi connectivity index (χ2n) is 4.69. The molecule has 0 radical (unpaired) electrons. The third-order valence-corrected chi connectivity index (χ3v) is 4.75. The summed E-state index contributed by atoms with van der Waals surface area (Å²) in [5.74, 6) is 0.770. The molecule has 2 aromatic rings. The maximum absolute atomic E-state index is 11.9. The van der Waals surface area contributed by atoms with Crippen molar-refractivity contribution in [3.8, 4) is 0 Å². The number of fused-ring (bicyclic) bond motifs is 1. The zero-order valence-corrected chi connectivity index (χ0v) is 11.5. The Kier molecular flexibility index (Phi) is 3.35. The molecule has 4 nitrogen and oxygen atoms in total. The van der Waals surface area contributed by atoms with Crippen LogP contribution in [0.3, 0.4) is 0 Å². The van der Waals surface area contributed by atoms with Gasteiger partial charge in [0.05, 0.1) is 11.6 Å². The first kappa shape index (κ1) is 12.1. The standard InChI is InChI=1S/C12H14ClN3OS/c13-7-9-6-10(17)16-12(14-9)18-11(15-16)8-4-2-1-3-5-8/h6,8H,1-5,7H2. The molecule has 0 spiro atoms. The first-order valence-electron chi connectivity index (χ1n) is 6.23. The highest BCUT2D eigenvalue weighted by Crippen LogP contribution is 2.34. The highest BCUT2D eigenvalue weighted by atomic mass is 35.5. The molecule has 1 fully saturated rings. The molecule has 0 saturated heterocycles. The SMILES string of the molecule is O=c1cc(CCl)nc2sc(C3CCCCC3)nn12. The summed E-state index contributed by atoms with van der Waals surface area (Å²) < 4.78 is 1.41. The van der Waals surface area contributed by atoms with E-state index in [2.05, 4.69) is 10.1 Å². The van der Waals surface area contributed by atoms with Crippen molar-refractivity contribution in [2.45, 2.75) is 43.9 Å². The Balaban J connectivity index is 2.04. The molecule has 0 aromatic carbocycles. The van der Waals surface area contributed by atoms with Crippen molar-refractivity contribution in [3.05, 3.63) is 27.1 Å². The van der Waals surface area contributed by atoms with E-state index in [4.69, 9.17) is 11.6 Å². The Morgan fingerprint density at radius 2 is 2.17 bits per heavy atom. The van der Waals surface area contributed by atoms with Crippen LogP contribution in [-0.4, -0.2) is 14.6 Å². The summed E-state index contributed by atoms with van der Waals surface area (Å²) in [6, 6.07) is 1.46. The molecule has 0 atom stereocenters. The molecular formula is C12H14ClN3OS. The maximum atomic E-state index is 11.9. The van der Waals surface area contributed by atoms with Crippen molar-refractivity contribution in [1.29, 1.82) is 0 Å². The largest absolute Gasteiger partial charge is 0.275 e. The van der Waals surface area contributed by atoms with Crippen LogP contribution in [0.1, 0.15) is 48.7 Å². The van der Waals surface area contributed by atoms with Gasteiger partial charge in [-0.05, 0) is 12.8 Å². The van der Waals surface area contributed by atoms with Gasteiger partial charge in [0.25, 0.3) is 5.56 Å². The summed E-state index contributed by atoms with van der Waals surface area (Å²) in [4.78, 5) is 16.9. The van der Waals surface area contributed by atoms with Crippen molar-refractivity contribution in [2.75, 3.05) is 0 Å². The third kappa shape index (κ3) is 2.17. The Hall–Kier alpha value is -0.940. The normalized spacial score (nSPS) is 17.4. The van der Waals surface area contributed by atoms with Crippen LogP contribution in [0.15, 0.2) is 10.9 Å². The lowest BCUT2D eigenvalue weighted by atomic mass is 9.90. The van der Waals surface area contributed by atoms with Crippen molar-refractivity contribution in [1.82, 2.24) is 14.6 Å². The fraction of sp³-hybridized carbons (Fsp3) is 0.583. The Bertz CT molecular complexity index is 615. The van der Waals surface area contributed by atoms with Gasteiger partial charge in [-0.15, -0.1) is 11.6 Å². The fourth-order valence-electron chi connectivity index (χ4n) is 2.45. The van der Waals surface area contributed by atoms with Gasteiger partial charge < -0.3 is 0 Å². The quantitative estimate of drug-likeness (QED) is 0.796. The lowest BCUT2D eigenvalue weighted by Crippen LogP contribution is -2.15. The number of hydrogen-bond donors (Lipinski definition) is 0. The summed E-state index contributed by atoms with van der Waals surface area (Å²) in [5.41, 5.74) is 0.495. The number of halogens is 1. The molecule has 2 aromatic heterocycles. The highest BCUT2D eigenvalue weighted by molar-refractivity contribution is 7.16. The van der Waals surface area contributed by atoms with Gasteiger partial charge >= 0.3 is 0 Å². The molecule has 0 N–H and O–H groups in total. The lowest BCUT2D eigenvalue weighted by molar-refractivity contribution is 0.439. The number of aromatic nitrogens is 3. The highest BCUT2D eigenvalue weighted by Gasteiger charge is 2.20. The summed E-state index contributed by atoms with van der Waals surface area (Å²) in [7, 11) is 0. The van der Waals surface area contributed by atoms with Crippen molar-refractivity contribution in [2.24, 2.45) is 0 Å². The molecule has 2 heterocycles. The first-order chi connectivity index (χ1) is 8.78. The Morgan fingerprint density at radius 3 is 2.89 bits per heavy atom. The average Bonchev–Trinajstić information content (AvgIpc) is 2.84. The Labute approximate surface area is 114 Å². The van der Waals surface area contributed by atoms with E-state index >= 15 is 0 Å². The van der Waals surface area contributed by atoms with Gasteiger partial charge in [-0.1, -0.05) is 30.6 Å². The molecule has 3 rings (SSSR count). The van der Waals surface area contributed by atoms with Gasteiger partial charge in [-0.3, -0.25) is 4.79 Å². The van der Waals surface area contributed by atoms with Gasteiger partial charge in [0.2, 0.25) is 4.96 Å². The summed E-state index contributed by atoms with van der Waals surface area (Å²) >= 11 is 7.26. The maximum Gasteiger partial charge on any atom is 0.275 e. The summed E-state index contributed by atoms with van der Waals surface area (Å²) in [6.07, 6.45) is 6.19. The predicted molar refractivity (Wildman–Crippen MR) is 72.5 cm³/mol. The molecule has 0 bridgehead atoms. The Morgan fingerprint density at radius 1 is 1.39 bits per heavy atom. The zero-order valence-electron chi connectivity index (χ0n) is 9.93. The van der Waals surface area contributed by atoms with Crippen LogP contribution < -0.4 is 5.56 Å². The van der Waals surface area contributed by atoms with Gasteiger partial charge in [-0.25, -0.2) is 4.98 Å². The van der Waals surface area contributed by atoms with E-state index in [-0.39, 0.29) is 11.4 Å². The van der Waals surface area contributed by atoms with Crippen molar-refractivity contribution < 1.29 is 0 Å². The van der Waals surface area contributed by atoms with Crippen LogP contribution in [0.4, 0.5) is 0 Å². The van der Waals surface area contributed by atoms with Gasteiger partial charge in [0, 0.05) is 12.0 Å². The van der Waals surface area contributed by atoms with Crippen LogP contribution in [-0.2, 0) is 5.88 Å². The third-order valence-electron chi connectivity index (χ3n) is 3.41. The smallest absolute Gasteiger partial charge is 0.267 e. The predicted octanol–water partition coefficient (Wildman–Crippen LogP) is 2.94. The molecule has 96 valence electrons. The van der Waals surface area contributed by atoms with E-state index in [1.807, 2.05) is 0 Å². The number of alkyl halides is 1. The second-order valence-corrected chi connectivity index (χ2v) is 5.94. The van der Waals surface area contributed by atoms with E-state index in [0.717, 1.165) is 5.01 Å². The van der Waals surface area contributed by atoms with Crippen LogP contribution in [0, 0.1) is 0 Å². The van der Waals surface area contributed by atoms with Crippen LogP contribution in [0.2, 0.25) is 0 Å². The second kappa shape index (κ2) is 4.97.